The normalized spacial score (nSPS) is 14.2. The summed E-state index contributed by atoms with van der Waals surface area (Å²) in [7, 11) is 0. The van der Waals surface area contributed by atoms with Gasteiger partial charge in [-0.25, -0.2) is 0 Å². The molecule has 4 nitrogen and oxygen atoms in total. The number of nitrogens with zero attached hydrogens (tertiary/aromatic N) is 3. The third-order valence-corrected chi connectivity index (χ3v) is 3.83. The molecule has 0 saturated carbocycles. The number of para-hydroxylation sites is 1. The fourth-order valence-corrected chi connectivity index (χ4v) is 2.68. The van der Waals surface area contributed by atoms with Crippen LogP contribution in [0.1, 0.15) is 25.1 Å². The van der Waals surface area contributed by atoms with E-state index in [1.807, 2.05) is 35.9 Å². The van der Waals surface area contributed by atoms with Crippen LogP contribution in [0, 0.1) is 0 Å². The number of benzene rings is 1. The van der Waals surface area contributed by atoms with E-state index in [4.69, 9.17) is 0 Å². The Hall–Kier alpha value is -2.20. The summed E-state index contributed by atoms with van der Waals surface area (Å²) >= 11 is 0. The van der Waals surface area contributed by atoms with Crippen molar-refractivity contribution in [3.05, 3.63) is 60.0 Å². The van der Waals surface area contributed by atoms with Gasteiger partial charge in [0.15, 0.2) is 0 Å². The minimum absolute atomic E-state index is 0.464. The number of aromatic nitrogens is 3. The van der Waals surface area contributed by atoms with Gasteiger partial charge in [-0.1, -0.05) is 24.3 Å². The van der Waals surface area contributed by atoms with Gasteiger partial charge in [0.2, 0.25) is 0 Å². The highest BCUT2D eigenvalue weighted by Gasteiger charge is 2.26. The molecule has 0 fully saturated rings. The van der Waals surface area contributed by atoms with Crippen molar-refractivity contribution in [3.8, 4) is 0 Å². The molecule has 21 heavy (non-hydrogen) atoms. The van der Waals surface area contributed by atoms with Crippen molar-refractivity contribution in [1.82, 2.24) is 14.8 Å². The number of hydrogen-bond donors (Lipinski definition) is 1. The van der Waals surface area contributed by atoms with E-state index in [0.717, 1.165) is 28.7 Å². The van der Waals surface area contributed by atoms with E-state index < -0.39 is 5.60 Å². The van der Waals surface area contributed by atoms with Gasteiger partial charge in [-0.3, -0.25) is 9.67 Å². The van der Waals surface area contributed by atoms with Crippen molar-refractivity contribution < 1.29 is 5.11 Å². The average Bonchev–Trinajstić information content (AvgIpc) is 2.86. The number of fused-ring (bicyclic) bond motifs is 1. The van der Waals surface area contributed by atoms with E-state index in [-0.39, 0.29) is 0 Å². The van der Waals surface area contributed by atoms with E-state index in [1.165, 1.54) is 0 Å². The molecule has 1 N–H and O–H groups in total. The van der Waals surface area contributed by atoms with Gasteiger partial charge in [-0.2, -0.15) is 5.10 Å². The summed E-state index contributed by atoms with van der Waals surface area (Å²) in [6, 6.07) is 11.9. The fourth-order valence-electron chi connectivity index (χ4n) is 2.68. The molecule has 0 aliphatic rings. The van der Waals surface area contributed by atoms with Gasteiger partial charge >= 0.3 is 0 Å². The highest BCUT2D eigenvalue weighted by atomic mass is 16.3. The van der Waals surface area contributed by atoms with Crippen molar-refractivity contribution in [1.29, 1.82) is 0 Å². The monoisotopic (exact) mass is 281 g/mol. The van der Waals surface area contributed by atoms with Gasteiger partial charge in [0.05, 0.1) is 16.8 Å². The molecule has 1 atom stereocenters. The van der Waals surface area contributed by atoms with Crippen LogP contribution in [0.2, 0.25) is 0 Å². The Morgan fingerprint density at radius 2 is 2.00 bits per heavy atom. The molecular weight excluding hydrogens is 262 g/mol. The van der Waals surface area contributed by atoms with Crippen molar-refractivity contribution in [2.24, 2.45) is 0 Å². The molecule has 0 amide bonds. The van der Waals surface area contributed by atoms with Crippen LogP contribution < -0.4 is 0 Å². The molecule has 0 saturated heterocycles. The van der Waals surface area contributed by atoms with E-state index in [1.54, 1.807) is 12.4 Å². The summed E-state index contributed by atoms with van der Waals surface area (Å²) in [4.78, 5) is 4.09. The summed E-state index contributed by atoms with van der Waals surface area (Å²) in [5, 5.41) is 16.5. The van der Waals surface area contributed by atoms with Crippen LogP contribution in [-0.4, -0.2) is 19.9 Å². The Morgan fingerprint density at radius 1 is 1.19 bits per heavy atom. The summed E-state index contributed by atoms with van der Waals surface area (Å²) in [6.07, 6.45) is 3.88. The SMILES string of the molecule is CCn1nc(CC(C)(O)c2cccnc2)c2ccccc21. The highest BCUT2D eigenvalue weighted by Crippen LogP contribution is 2.28. The van der Waals surface area contributed by atoms with Gasteiger partial charge < -0.3 is 5.11 Å². The molecule has 3 aromatic rings. The van der Waals surface area contributed by atoms with Crippen LogP contribution in [0.3, 0.4) is 0 Å². The molecule has 1 unspecified atom stereocenters. The van der Waals surface area contributed by atoms with Crippen molar-refractivity contribution in [3.63, 3.8) is 0 Å². The number of pyridine rings is 1. The van der Waals surface area contributed by atoms with Crippen LogP contribution in [0.4, 0.5) is 0 Å². The lowest BCUT2D eigenvalue weighted by atomic mass is 9.91. The van der Waals surface area contributed by atoms with Gasteiger partial charge in [0.1, 0.15) is 0 Å². The third kappa shape index (κ3) is 2.54. The maximum atomic E-state index is 10.8. The predicted octanol–water partition coefficient (Wildman–Crippen LogP) is 2.90. The predicted molar refractivity (Wildman–Crippen MR) is 82.9 cm³/mol. The number of aryl methyl sites for hydroxylation is 1. The molecular formula is C17H19N3O. The molecule has 1 aromatic carbocycles. The topological polar surface area (TPSA) is 50.9 Å². The maximum Gasteiger partial charge on any atom is 0.0939 e. The first kappa shape index (κ1) is 13.8. The second-order valence-corrected chi connectivity index (χ2v) is 5.47. The second-order valence-electron chi connectivity index (χ2n) is 5.47. The average molecular weight is 281 g/mol. The molecule has 0 aliphatic heterocycles. The second kappa shape index (κ2) is 5.30. The summed E-state index contributed by atoms with van der Waals surface area (Å²) in [5.74, 6) is 0. The van der Waals surface area contributed by atoms with Crippen molar-refractivity contribution in [2.45, 2.75) is 32.4 Å². The molecule has 0 radical (unpaired) electrons. The van der Waals surface area contributed by atoms with E-state index in [2.05, 4.69) is 29.1 Å². The number of hydrogen-bond acceptors (Lipinski definition) is 3. The maximum absolute atomic E-state index is 10.8. The van der Waals surface area contributed by atoms with Crippen molar-refractivity contribution in [2.75, 3.05) is 0 Å². The number of aliphatic hydroxyl groups is 1. The van der Waals surface area contributed by atoms with Crippen LogP contribution >= 0.6 is 0 Å². The van der Waals surface area contributed by atoms with E-state index in [9.17, 15) is 5.11 Å². The first-order chi connectivity index (χ1) is 10.1. The van der Waals surface area contributed by atoms with Gasteiger partial charge in [-0.15, -0.1) is 0 Å². The molecule has 0 spiro atoms. The Balaban J connectivity index is 2.02. The quantitative estimate of drug-likeness (QED) is 0.800. The zero-order valence-corrected chi connectivity index (χ0v) is 12.3. The number of rotatable bonds is 4. The lowest BCUT2D eigenvalue weighted by molar-refractivity contribution is 0.0564. The molecule has 0 bridgehead atoms. The fraction of sp³-hybridized carbons (Fsp3) is 0.294. The van der Waals surface area contributed by atoms with Crippen LogP contribution in [0.25, 0.3) is 10.9 Å². The zero-order chi connectivity index (χ0) is 14.9. The first-order valence-electron chi connectivity index (χ1n) is 7.19. The third-order valence-electron chi connectivity index (χ3n) is 3.83. The molecule has 2 heterocycles. The lowest BCUT2D eigenvalue weighted by Crippen LogP contribution is -2.24. The molecule has 3 rings (SSSR count). The summed E-state index contributed by atoms with van der Waals surface area (Å²) in [6.45, 7) is 4.70. The van der Waals surface area contributed by atoms with Gasteiger partial charge in [0.25, 0.3) is 0 Å². The lowest BCUT2D eigenvalue weighted by Gasteiger charge is -2.22. The molecule has 0 aliphatic carbocycles. The molecule has 4 heteroatoms. The minimum atomic E-state index is -0.982. The highest BCUT2D eigenvalue weighted by molar-refractivity contribution is 5.82. The van der Waals surface area contributed by atoms with Crippen molar-refractivity contribution >= 4 is 10.9 Å². The van der Waals surface area contributed by atoms with E-state index >= 15 is 0 Å². The van der Waals surface area contributed by atoms with Crippen LogP contribution in [0.15, 0.2) is 48.8 Å². The summed E-state index contributed by atoms with van der Waals surface area (Å²) in [5.41, 5.74) is 1.85. The Morgan fingerprint density at radius 3 is 2.71 bits per heavy atom. The Labute approximate surface area is 124 Å². The standard InChI is InChI=1S/C17H19N3O/c1-3-20-16-9-5-4-8-14(16)15(19-20)11-17(2,21)13-7-6-10-18-12-13/h4-10,12,21H,3,11H2,1-2H3. The smallest absolute Gasteiger partial charge is 0.0939 e. The van der Waals surface area contributed by atoms with Gasteiger partial charge in [0, 0.05) is 36.3 Å². The van der Waals surface area contributed by atoms with Crippen LogP contribution in [-0.2, 0) is 18.6 Å². The van der Waals surface area contributed by atoms with Gasteiger partial charge in [-0.05, 0) is 26.0 Å². The Bertz CT molecular complexity index is 747. The first-order valence-corrected chi connectivity index (χ1v) is 7.19. The zero-order valence-electron chi connectivity index (χ0n) is 12.3. The largest absolute Gasteiger partial charge is 0.385 e. The molecule has 2 aromatic heterocycles. The van der Waals surface area contributed by atoms with Crippen LogP contribution in [0.5, 0.6) is 0 Å². The summed E-state index contributed by atoms with van der Waals surface area (Å²) < 4.78 is 1.98. The molecule has 108 valence electrons. The minimum Gasteiger partial charge on any atom is -0.385 e. The van der Waals surface area contributed by atoms with E-state index in [0.29, 0.717) is 6.42 Å². The Kier molecular flexibility index (Phi) is 3.47.